The van der Waals surface area contributed by atoms with Gasteiger partial charge in [-0.15, -0.1) is 11.3 Å². The molecule has 0 saturated carbocycles. The van der Waals surface area contributed by atoms with Gasteiger partial charge in [0.15, 0.2) is 10.9 Å². The molecule has 37 heavy (non-hydrogen) atoms. The Bertz CT molecular complexity index is 1540. The lowest BCUT2D eigenvalue weighted by Crippen LogP contribution is -2.45. The Morgan fingerprint density at radius 2 is 1.95 bits per heavy atom. The predicted octanol–water partition coefficient (Wildman–Crippen LogP) is 4.58. The summed E-state index contributed by atoms with van der Waals surface area (Å²) in [5, 5.41) is 6.45. The zero-order valence-electron chi connectivity index (χ0n) is 20.2. The maximum atomic E-state index is 14.4. The van der Waals surface area contributed by atoms with E-state index in [1.165, 1.54) is 26.6 Å². The van der Waals surface area contributed by atoms with E-state index in [0.29, 0.717) is 24.1 Å². The molecule has 3 aromatic heterocycles. The minimum Gasteiger partial charge on any atom is -0.286 e. The maximum absolute atomic E-state index is 14.4. The van der Waals surface area contributed by atoms with Crippen molar-refractivity contribution >= 4 is 54.0 Å². The van der Waals surface area contributed by atoms with Crippen molar-refractivity contribution < 1.29 is 22.0 Å². The quantitative estimate of drug-likeness (QED) is 0.327. The fraction of sp³-hybridized carbons (Fsp3) is 0.375. The average molecular weight is 566 g/mol. The Labute approximate surface area is 221 Å². The number of piperidine rings is 1. The number of anilines is 1. The molecule has 0 radical (unpaired) electrons. The van der Waals surface area contributed by atoms with Gasteiger partial charge in [-0.2, -0.15) is 9.40 Å². The van der Waals surface area contributed by atoms with Crippen molar-refractivity contribution in [2.45, 2.75) is 37.4 Å². The summed E-state index contributed by atoms with van der Waals surface area (Å²) in [6, 6.07) is 7.19. The molecule has 4 heterocycles. The second-order valence-corrected chi connectivity index (χ2v) is 13.1. The van der Waals surface area contributed by atoms with E-state index in [-0.39, 0.29) is 40.4 Å². The van der Waals surface area contributed by atoms with Crippen LogP contribution in [0.3, 0.4) is 0 Å². The number of carbonyl (C=O) groups is 1. The lowest BCUT2D eigenvalue weighted by molar-refractivity contribution is -0.123. The van der Waals surface area contributed by atoms with Crippen LogP contribution in [-0.4, -0.2) is 53.0 Å². The van der Waals surface area contributed by atoms with E-state index in [9.17, 15) is 22.0 Å². The van der Waals surface area contributed by atoms with Crippen LogP contribution in [-0.2, 0) is 21.4 Å². The predicted molar refractivity (Wildman–Crippen MR) is 139 cm³/mol. The highest BCUT2D eigenvalue weighted by Gasteiger charge is 2.35. The van der Waals surface area contributed by atoms with Crippen LogP contribution >= 0.6 is 22.7 Å². The zero-order chi connectivity index (χ0) is 26.3. The Hall–Kier alpha value is -2.74. The van der Waals surface area contributed by atoms with Gasteiger partial charge in [-0.25, -0.2) is 22.2 Å². The summed E-state index contributed by atoms with van der Waals surface area (Å²) >= 11 is 2.22. The molecular formula is C24H25F2N5O3S3. The third-order valence-corrected chi connectivity index (χ3v) is 10.7. The molecule has 0 bridgehead atoms. The van der Waals surface area contributed by atoms with Gasteiger partial charge in [0.05, 0.1) is 16.9 Å². The first-order valence-corrected chi connectivity index (χ1v) is 14.9. The van der Waals surface area contributed by atoms with Crippen molar-refractivity contribution in [2.75, 3.05) is 24.5 Å². The van der Waals surface area contributed by atoms with Gasteiger partial charge in [0.1, 0.15) is 15.5 Å². The molecule has 196 valence electrons. The minimum absolute atomic E-state index is 0.0159. The molecule has 0 atom stereocenters. The topological polar surface area (TPSA) is 88.4 Å². The summed E-state index contributed by atoms with van der Waals surface area (Å²) in [6.07, 6.45) is 0.710. The Balaban J connectivity index is 1.39. The van der Waals surface area contributed by atoms with Crippen molar-refractivity contribution in [3.05, 3.63) is 58.7 Å². The third-order valence-electron chi connectivity index (χ3n) is 6.43. The Morgan fingerprint density at radius 1 is 1.19 bits per heavy atom. The maximum Gasteiger partial charge on any atom is 0.252 e. The van der Waals surface area contributed by atoms with Gasteiger partial charge in [0, 0.05) is 37.3 Å². The van der Waals surface area contributed by atoms with Crippen LogP contribution < -0.4 is 4.90 Å². The summed E-state index contributed by atoms with van der Waals surface area (Å²) in [5.74, 6) is -2.13. The first-order chi connectivity index (χ1) is 17.6. The standard InChI is InChI=1S/C24H25F2N5O3S3/c1-15-12-16(2)31(28-15)10-9-30(24-27-22-19(26)13-18(25)14-20(22)36-24)23(32)17-5-7-29(8-6-17)37(33,34)21-4-3-11-35-21/h3-4,11-14,17H,5-10H2,1-2H3. The number of aryl methyl sites for hydroxylation is 2. The van der Waals surface area contributed by atoms with Gasteiger partial charge in [-0.3, -0.25) is 14.4 Å². The van der Waals surface area contributed by atoms with Gasteiger partial charge in [0.25, 0.3) is 10.0 Å². The Morgan fingerprint density at radius 3 is 2.59 bits per heavy atom. The number of thiazole rings is 1. The Kier molecular flexibility index (Phi) is 7.14. The van der Waals surface area contributed by atoms with E-state index < -0.39 is 27.6 Å². The number of hydrogen-bond donors (Lipinski definition) is 0. The number of rotatable bonds is 7. The lowest BCUT2D eigenvalue weighted by Gasteiger charge is -2.32. The smallest absolute Gasteiger partial charge is 0.252 e. The molecule has 13 heteroatoms. The van der Waals surface area contributed by atoms with E-state index in [0.717, 1.165) is 28.8 Å². The van der Waals surface area contributed by atoms with Crippen molar-refractivity contribution in [1.29, 1.82) is 0 Å². The normalized spacial score (nSPS) is 15.5. The summed E-state index contributed by atoms with van der Waals surface area (Å²) in [7, 11) is -3.59. The van der Waals surface area contributed by atoms with Gasteiger partial charge < -0.3 is 0 Å². The molecule has 0 unspecified atom stereocenters. The third kappa shape index (κ3) is 5.17. The highest BCUT2D eigenvalue weighted by Crippen LogP contribution is 2.34. The molecule has 1 aliphatic rings. The van der Waals surface area contributed by atoms with Crippen LogP contribution in [0.2, 0.25) is 0 Å². The molecule has 4 aromatic rings. The number of amides is 1. The second-order valence-electron chi connectivity index (χ2n) is 8.98. The highest BCUT2D eigenvalue weighted by molar-refractivity contribution is 7.91. The van der Waals surface area contributed by atoms with Gasteiger partial charge in [-0.1, -0.05) is 17.4 Å². The largest absolute Gasteiger partial charge is 0.286 e. The van der Waals surface area contributed by atoms with Gasteiger partial charge in [0.2, 0.25) is 5.91 Å². The lowest BCUT2D eigenvalue weighted by atomic mass is 9.96. The first kappa shape index (κ1) is 25.9. The molecule has 0 N–H and O–H groups in total. The molecule has 1 amide bonds. The minimum atomic E-state index is -3.59. The van der Waals surface area contributed by atoms with Gasteiger partial charge >= 0.3 is 0 Å². The van der Waals surface area contributed by atoms with Crippen molar-refractivity contribution in [3.8, 4) is 0 Å². The molecule has 1 aliphatic heterocycles. The number of carbonyl (C=O) groups excluding carboxylic acids is 1. The molecule has 1 fully saturated rings. The molecule has 1 aromatic carbocycles. The zero-order valence-corrected chi connectivity index (χ0v) is 22.7. The van der Waals surface area contributed by atoms with Crippen LogP contribution in [0.4, 0.5) is 13.9 Å². The molecule has 5 rings (SSSR count). The van der Waals surface area contributed by atoms with Crippen LogP contribution in [0.1, 0.15) is 24.2 Å². The first-order valence-electron chi connectivity index (χ1n) is 11.7. The summed E-state index contributed by atoms with van der Waals surface area (Å²) in [6.45, 7) is 4.88. The van der Waals surface area contributed by atoms with E-state index in [2.05, 4.69) is 10.1 Å². The van der Waals surface area contributed by atoms with E-state index >= 15 is 0 Å². The fourth-order valence-corrected chi connectivity index (χ4v) is 8.21. The average Bonchev–Trinajstić information content (AvgIpc) is 3.60. The van der Waals surface area contributed by atoms with Crippen LogP contribution in [0.15, 0.2) is 39.9 Å². The monoisotopic (exact) mass is 565 g/mol. The molecular weight excluding hydrogens is 540 g/mol. The van der Waals surface area contributed by atoms with Gasteiger partial charge in [-0.05, 0) is 50.3 Å². The van der Waals surface area contributed by atoms with Crippen molar-refractivity contribution in [2.24, 2.45) is 5.92 Å². The van der Waals surface area contributed by atoms with E-state index in [1.807, 2.05) is 19.9 Å². The van der Waals surface area contributed by atoms with E-state index in [4.69, 9.17) is 0 Å². The van der Waals surface area contributed by atoms with Crippen molar-refractivity contribution in [3.63, 3.8) is 0 Å². The van der Waals surface area contributed by atoms with Crippen LogP contribution in [0, 0.1) is 31.4 Å². The molecule has 0 spiro atoms. The molecule has 1 saturated heterocycles. The van der Waals surface area contributed by atoms with E-state index in [1.54, 1.807) is 22.2 Å². The molecule has 8 nitrogen and oxygen atoms in total. The number of benzene rings is 1. The van der Waals surface area contributed by atoms with Crippen molar-refractivity contribution in [1.82, 2.24) is 19.1 Å². The second kappa shape index (κ2) is 10.2. The summed E-state index contributed by atoms with van der Waals surface area (Å²) in [5.41, 5.74) is 1.81. The van der Waals surface area contributed by atoms with Crippen LogP contribution in [0.5, 0.6) is 0 Å². The molecule has 0 aliphatic carbocycles. The number of sulfonamides is 1. The summed E-state index contributed by atoms with van der Waals surface area (Å²) in [4.78, 5) is 19.6. The summed E-state index contributed by atoms with van der Waals surface area (Å²) < 4.78 is 57.8. The highest BCUT2D eigenvalue weighted by atomic mass is 32.2. The SMILES string of the molecule is Cc1cc(C)n(CCN(C(=O)C2CCN(S(=O)(=O)c3cccs3)CC2)c2nc3c(F)cc(F)cc3s2)n1. The number of thiophene rings is 1. The number of hydrogen-bond acceptors (Lipinski definition) is 7. The number of nitrogens with zero attached hydrogens (tertiary/aromatic N) is 5. The van der Waals surface area contributed by atoms with Crippen LogP contribution in [0.25, 0.3) is 10.2 Å². The number of halogens is 2. The number of aromatic nitrogens is 3. The fourth-order valence-electron chi connectivity index (χ4n) is 4.56. The number of fused-ring (bicyclic) bond motifs is 1.